The molecule has 5 heteroatoms. The Morgan fingerprint density at radius 2 is 2.26 bits per heavy atom. The lowest BCUT2D eigenvalue weighted by molar-refractivity contribution is -0.0864. The van der Waals surface area contributed by atoms with Crippen molar-refractivity contribution in [3.8, 4) is 0 Å². The molecule has 1 N–H and O–H groups in total. The Kier molecular flexibility index (Phi) is 4.24. The van der Waals surface area contributed by atoms with Gasteiger partial charge < -0.3 is 14.6 Å². The highest BCUT2D eigenvalue weighted by Gasteiger charge is 2.34. The topological polar surface area (TPSA) is 56.2 Å². The van der Waals surface area contributed by atoms with Crippen molar-refractivity contribution in [1.29, 1.82) is 0 Å². The van der Waals surface area contributed by atoms with Gasteiger partial charge in [-0.1, -0.05) is 13.8 Å². The summed E-state index contributed by atoms with van der Waals surface area (Å²) in [5.41, 5.74) is -0.122. The van der Waals surface area contributed by atoms with Crippen LogP contribution in [0.3, 0.4) is 0 Å². The summed E-state index contributed by atoms with van der Waals surface area (Å²) in [6.45, 7) is 5.06. The fourth-order valence-electron chi connectivity index (χ4n) is 2.68. The highest BCUT2D eigenvalue weighted by molar-refractivity contribution is 5.32. The molecule has 1 aliphatic rings. The lowest BCUT2D eigenvalue weighted by Crippen LogP contribution is -2.44. The Bertz CT molecular complexity index is 480. The zero-order valence-electron chi connectivity index (χ0n) is 12.0. The number of hydrogen-bond acceptors (Lipinski definition) is 4. The molecule has 19 heavy (non-hydrogen) atoms. The standard InChI is InChI=1S/C14H23N3O2/c1-4-14(5-2)10-11(6-9-19-14)16-12-13(18)17(3)8-7-15-12/h7-8,11H,4-6,9-10H2,1-3H3,(H,15,16). The van der Waals surface area contributed by atoms with Gasteiger partial charge in [-0.2, -0.15) is 0 Å². The second-order valence-corrected chi connectivity index (χ2v) is 5.26. The molecule has 0 spiro atoms. The van der Waals surface area contributed by atoms with Gasteiger partial charge in [0.1, 0.15) is 0 Å². The largest absolute Gasteiger partial charge is 0.375 e. The summed E-state index contributed by atoms with van der Waals surface area (Å²) in [5.74, 6) is 0.443. The van der Waals surface area contributed by atoms with Crippen molar-refractivity contribution >= 4 is 5.82 Å². The molecule has 2 rings (SSSR count). The minimum Gasteiger partial charge on any atom is -0.375 e. The number of aromatic nitrogens is 2. The molecule has 1 fully saturated rings. The molecular weight excluding hydrogens is 242 g/mol. The molecule has 1 atom stereocenters. The van der Waals surface area contributed by atoms with Crippen molar-refractivity contribution in [3.63, 3.8) is 0 Å². The van der Waals surface area contributed by atoms with Gasteiger partial charge >= 0.3 is 0 Å². The maximum Gasteiger partial charge on any atom is 0.293 e. The number of nitrogens with zero attached hydrogens (tertiary/aromatic N) is 2. The molecule has 5 nitrogen and oxygen atoms in total. The lowest BCUT2D eigenvalue weighted by atomic mass is 9.86. The predicted molar refractivity (Wildman–Crippen MR) is 75.4 cm³/mol. The van der Waals surface area contributed by atoms with Gasteiger partial charge in [-0.3, -0.25) is 4.79 Å². The molecule has 0 bridgehead atoms. The van der Waals surface area contributed by atoms with Gasteiger partial charge in [-0.05, 0) is 25.7 Å². The van der Waals surface area contributed by atoms with Crippen molar-refractivity contribution in [2.45, 2.75) is 51.2 Å². The van der Waals surface area contributed by atoms with Gasteiger partial charge in [-0.25, -0.2) is 4.98 Å². The van der Waals surface area contributed by atoms with E-state index in [9.17, 15) is 4.79 Å². The lowest BCUT2D eigenvalue weighted by Gasteiger charge is -2.40. The Morgan fingerprint density at radius 1 is 1.53 bits per heavy atom. The molecule has 1 saturated heterocycles. The summed E-state index contributed by atoms with van der Waals surface area (Å²) < 4.78 is 7.49. The third kappa shape index (κ3) is 2.97. The van der Waals surface area contributed by atoms with Crippen LogP contribution in [0.1, 0.15) is 39.5 Å². The van der Waals surface area contributed by atoms with Crippen LogP contribution in [-0.4, -0.2) is 27.8 Å². The maximum absolute atomic E-state index is 11.9. The maximum atomic E-state index is 11.9. The van der Waals surface area contributed by atoms with E-state index in [2.05, 4.69) is 24.1 Å². The fraction of sp³-hybridized carbons (Fsp3) is 0.714. The summed E-state index contributed by atoms with van der Waals surface area (Å²) in [5, 5.41) is 3.29. The van der Waals surface area contributed by atoms with Crippen LogP contribution in [0, 0.1) is 0 Å². The van der Waals surface area contributed by atoms with Crippen LogP contribution < -0.4 is 10.9 Å². The van der Waals surface area contributed by atoms with E-state index in [1.807, 2.05) is 0 Å². The molecule has 1 aromatic rings. The van der Waals surface area contributed by atoms with Gasteiger partial charge in [0.05, 0.1) is 5.60 Å². The third-order valence-corrected chi connectivity index (χ3v) is 4.14. The first kappa shape index (κ1) is 14.1. The zero-order chi connectivity index (χ0) is 13.9. The molecule has 1 aliphatic heterocycles. The molecule has 0 amide bonds. The van der Waals surface area contributed by atoms with Crippen molar-refractivity contribution in [2.75, 3.05) is 11.9 Å². The van der Waals surface area contributed by atoms with Gasteiger partial charge in [0, 0.05) is 32.1 Å². The van der Waals surface area contributed by atoms with Crippen LogP contribution in [0.4, 0.5) is 5.82 Å². The van der Waals surface area contributed by atoms with Gasteiger partial charge in [0.15, 0.2) is 5.82 Å². The van der Waals surface area contributed by atoms with Gasteiger partial charge in [-0.15, -0.1) is 0 Å². The summed E-state index contributed by atoms with van der Waals surface area (Å²) in [7, 11) is 1.74. The SMILES string of the molecule is CCC1(CC)CC(Nc2nccn(C)c2=O)CCO1. The van der Waals surface area contributed by atoms with Crippen LogP contribution in [0.25, 0.3) is 0 Å². The first-order valence-corrected chi connectivity index (χ1v) is 7.02. The summed E-state index contributed by atoms with van der Waals surface area (Å²) in [6.07, 6.45) is 7.17. The zero-order valence-corrected chi connectivity index (χ0v) is 12.0. The van der Waals surface area contributed by atoms with Crippen LogP contribution in [0.5, 0.6) is 0 Å². The number of rotatable bonds is 4. The Morgan fingerprint density at radius 3 is 2.95 bits per heavy atom. The Labute approximate surface area is 114 Å². The molecule has 2 heterocycles. The quantitative estimate of drug-likeness (QED) is 0.903. The van der Waals surface area contributed by atoms with E-state index in [1.165, 1.54) is 0 Å². The van der Waals surface area contributed by atoms with Crippen LogP contribution >= 0.6 is 0 Å². The Balaban J connectivity index is 2.11. The summed E-state index contributed by atoms with van der Waals surface area (Å²) >= 11 is 0. The van der Waals surface area contributed by atoms with E-state index in [0.717, 1.165) is 32.3 Å². The second kappa shape index (κ2) is 5.74. The van der Waals surface area contributed by atoms with E-state index in [-0.39, 0.29) is 17.2 Å². The average Bonchev–Trinajstić information content (AvgIpc) is 2.44. The molecule has 1 aromatic heterocycles. The highest BCUT2D eigenvalue weighted by Crippen LogP contribution is 2.32. The van der Waals surface area contributed by atoms with Crippen LogP contribution in [0.2, 0.25) is 0 Å². The number of ether oxygens (including phenoxy) is 1. The molecule has 0 saturated carbocycles. The van der Waals surface area contributed by atoms with Gasteiger partial charge in [0.2, 0.25) is 0 Å². The van der Waals surface area contributed by atoms with E-state index in [4.69, 9.17) is 4.74 Å². The van der Waals surface area contributed by atoms with Crippen molar-refractivity contribution in [3.05, 3.63) is 22.7 Å². The first-order valence-electron chi connectivity index (χ1n) is 7.02. The molecule has 0 aromatic carbocycles. The minimum atomic E-state index is -0.0763. The van der Waals surface area contributed by atoms with Crippen LogP contribution in [0.15, 0.2) is 17.2 Å². The smallest absolute Gasteiger partial charge is 0.293 e. The first-order chi connectivity index (χ1) is 9.10. The van der Waals surface area contributed by atoms with E-state index >= 15 is 0 Å². The van der Waals surface area contributed by atoms with Crippen LogP contribution in [-0.2, 0) is 11.8 Å². The average molecular weight is 265 g/mol. The second-order valence-electron chi connectivity index (χ2n) is 5.26. The number of nitrogens with one attached hydrogen (secondary N) is 1. The predicted octanol–water partition coefficient (Wildman–Crippen LogP) is 1.93. The molecule has 1 unspecified atom stereocenters. The van der Waals surface area contributed by atoms with E-state index in [1.54, 1.807) is 24.0 Å². The summed E-state index contributed by atoms with van der Waals surface area (Å²) in [6, 6.07) is 0.260. The van der Waals surface area contributed by atoms with Crippen molar-refractivity contribution in [1.82, 2.24) is 9.55 Å². The summed E-state index contributed by atoms with van der Waals surface area (Å²) in [4.78, 5) is 16.1. The Hall–Kier alpha value is -1.36. The molecular formula is C14H23N3O2. The number of hydrogen-bond donors (Lipinski definition) is 1. The molecule has 0 aliphatic carbocycles. The minimum absolute atomic E-state index is 0.0457. The van der Waals surface area contributed by atoms with E-state index < -0.39 is 0 Å². The normalized spacial score (nSPS) is 22.2. The highest BCUT2D eigenvalue weighted by atomic mass is 16.5. The fourth-order valence-corrected chi connectivity index (χ4v) is 2.68. The molecule has 0 radical (unpaired) electrons. The third-order valence-electron chi connectivity index (χ3n) is 4.14. The number of anilines is 1. The van der Waals surface area contributed by atoms with Gasteiger partial charge in [0.25, 0.3) is 5.56 Å². The van der Waals surface area contributed by atoms with Crippen molar-refractivity contribution in [2.24, 2.45) is 7.05 Å². The monoisotopic (exact) mass is 265 g/mol. The van der Waals surface area contributed by atoms with Crippen molar-refractivity contribution < 1.29 is 4.74 Å². The van der Waals surface area contributed by atoms with E-state index in [0.29, 0.717) is 5.82 Å². The molecule has 106 valence electrons. The number of aryl methyl sites for hydroxylation is 1.